The van der Waals surface area contributed by atoms with Crippen molar-refractivity contribution in [3.63, 3.8) is 0 Å². The van der Waals surface area contributed by atoms with E-state index in [-0.39, 0.29) is 11.7 Å². The molecule has 0 spiro atoms. The van der Waals surface area contributed by atoms with Gasteiger partial charge in [0.2, 0.25) is 0 Å². The van der Waals surface area contributed by atoms with Crippen LogP contribution in [0.3, 0.4) is 0 Å². The zero-order valence-electron chi connectivity index (χ0n) is 17.7. The van der Waals surface area contributed by atoms with Crippen LogP contribution in [0.25, 0.3) is 0 Å². The number of rotatable bonds is 7. The van der Waals surface area contributed by atoms with Gasteiger partial charge in [0, 0.05) is 16.9 Å². The fourth-order valence-electron chi connectivity index (χ4n) is 3.85. The van der Waals surface area contributed by atoms with Crippen LogP contribution in [0.1, 0.15) is 49.0 Å². The fourth-order valence-corrected chi connectivity index (χ4v) is 3.85. The predicted molar refractivity (Wildman–Crippen MR) is 118 cm³/mol. The second kappa shape index (κ2) is 9.70. The third kappa shape index (κ3) is 5.45. The maximum atomic E-state index is 12.6. The number of Topliss-reactive ketones (excluding diaryl/α,β-unsaturated/α-hetero) is 1. The molecule has 1 aliphatic rings. The van der Waals surface area contributed by atoms with E-state index >= 15 is 0 Å². The number of para-hydroxylation sites is 1. The minimum atomic E-state index is 0.0787. The van der Waals surface area contributed by atoms with E-state index in [1.54, 1.807) is 6.92 Å². The lowest BCUT2D eigenvalue weighted by molar-refractivity contribution is -0.892. The van der Waals surface area contributed by atoms with Gasteiger partial charge in [0.1, 0.15) is 0 Å². The molecule has 5 heteroatoms. The second-order valence-corrected chi connectivity index (χ2v) is 7.96. The number of piperazine rings is 1. The number of hydrogen-bond donors (Lipinski definition) is 2. The van der Waals surface area contributed by atoms with Crippen molar-refractivity contribution in [3.8, 4) is 0 Å². The number of nitrogens with one attached hydrogen (secondary N) is 2. The van der Waals surface area contributed by atoms with Crippen LogP contribution < -0.4 is 15.1 Å². The molecule has 1 heterocycles. The quantitative estimate of drug-likeness (QED) is 0.710. The molecule has 0 unspecified atom stereocenters. The molecule has 2 aromatic rings. The molecule has 3 rings (SSSR count). The molecular formula is C24H32N3O2+. The highest BCUT2D eigenvalue weighted by Crippen LogP contribution is 2.26. The molecule has 5 nitrogen and oxygen atoms in total. The molecule has 1 saturated heterocycles. The van der Waals surface area contributed by atoms with Crippen molar-refractivity contribution in [3.05, 3.63) is 59.7 Å². The summed E-state index contributed by atoms with van der Waals surface area (Å²) in [5.41, 5.74) is 4.03. The van der Waals surface area contributed by atoms with Gasteiger partial charge in [0.05, 0.1) is 26.2 Å². The highest BCUT2D eigenvalue weighted by atomic mass is 16.2. The lowest BCUT2D eigenvalue weighted by Gasteiger charge is -2.33. The Hall–Kier alpha value is -2.66. The van der Waals surface area contributed by atoms with Gasteiger partial charge in [-0.2, -0.15) is 0 Å². The summed E-state index contributed by atoms with van der Waals surface area (Å²) < 4.78 is 0. The monoisotopic (exact) mass is 394 g/mol. The van der Waals surface area contributed by atoms with Crippen LogP contribution in [0.5, 0.6) is 0 Å². The lowest BCUT2D eigenvalue weighted by atomic mass is 9.97. The maximum Gasteiger partial charge on any atom is 0.279 e. The van der Waals surface area contributed by atoms with Gasteiger partial charge in [-0.3, -0.25) is 9.59 Å². The molecule has 0 radical (unpaired) electrons. The number of nitrogens with zero attached hydrogens (tertiary/aromatic N) is 1. The number of carbonyl (C=O) groups is 2. The summed E-state index contributed by atoms with van der Waals surface area (Å²) in [5.74, 6) is 0.596. The standard InChI is InChI=1S/C24H31N3O2/c1-4-18(2)22-7-5-6-8-23(22)25-24(29)17-26-13-15-27(16-14-26)21-11-9-20(10-12-21)19(3)28/h5-12,18H,4,13-17H2,1-3H3,(H,25,29)/p+1/t18-/m0/s1. The zero-order valence-corrected chi connectivity index (χ0v) is 17.7. The van der Waals surface area contributed by atoms with Gasteiger partial charge < -0.3 is 15.1 Å². The average molecular weight is 395 g/mol. The molecule has 2 N–H and O–H groups in total. The number of benzene rings is 2. The van der Waals surface area contributed by atoms with E-state index < -0.39 is 0 Å². The van der Waals surface area contributed by atoms with E-state index in [2.05, 4.69) is 30.1 Å². The molecule has 2 aromatic carbocycles. The summed E-state index contributed by atoms with van der Waals surface area (Å²) in [4.78, 5) is 27.7. The number of ketones is 1. The fraction of sp³-hybridized carbons (Fsp3) is 0.417. The van der Waals surface area contributed by atoms with Gasteiger partial charge in [0.25, 0.3) is 5.91 Å². The molecule has 154 valence electrons. The first kappa shape index (κ1) is 21.1. The smallest absolute Gasteiger partial charge is 0.279 e. The van der Waals surface area contributed by atoms with Gasteiger partial charge in [-0.15, -0.1) is 0 Å². The van der Waals surface area contributed by atoms with Crippen molar-refractivity contribution < 1.29 is 14.5 Å². The zero-order chi connectivity index (χ0) is 20.8. The molecule has 0 saturated carbocycles. The Morgan fingerprint density at radius 2 is 1.72 bits per heavy atom. The molecule has 0 aromatic heterocycles. The van der Waals surface area contributed by atoms with Crippen molar-refractivity contribution in [1.82, 2.24) is 0 Å². The van der Waals surface area contributed by atoms with Gasteiger partial charge in [-0.1, -0.05) is 32.0 Å². The van der Waals surface area contributed by atoms with Crippen LogP contribution in [-0.4, -0.2) is 44.4 Å². The summed E-state index contributed by atoms with van der Waals surface area (Å²) in [6.45, 7) is 10.1. The van der Waals surface area contributed by atoms with E-state index in [0.717, 1.165) is 49.5 Å². The van der Waals surface area contributed by atoms with Crippen LogP contribution in [0.15, 0.2) is 48.5 Å². The first-order chi connectivity index (χ1) is 14.0. The predicted octanol–water partition coefficient (Wildman–Crippen LogP) is 2.75. The van der Waals surface area contributed by atoms with Gasteiger partial charge >= 0.3 is 0 Å². The Bertz CT molecular complexity index is 839. The van der Waals surface area contributed by atoms with E-state index in [0.29, 0.717) is 12.5 Å². The average Bonchev–Trinajstić information content (AvgIpc) is 2.74. The number of anilines is 2. The molecule has 29 heavy (non-hydrogen) atoms. The molecule has 1 aliphatic heterocycles. The Morgan fingerprint density at radius 3 is 2.34 bits per heavy atom. The summed E-state index contributed by atoms with van der Waals surface area (Å²) in [7, 11) is 0. The first-order valence-electron chi connectivity index (χ1n) is 10.6. The van der Waals surface area contributed by atoms with Crippen molar-refractivity contribution in [2.45, 2.75) is 33.1 Å². The Morgan fingerprint density at radius 1 is 1.07 bits per heavy atom. The third-order valence-electron chi connectivity index (χ3n) is 5.90. The Kier molecular flexibility index (Phi) is 7.04. The minimum absolute atomic E-state index is 0.0787. The normalized spacial score (nSPS) is 15.8. The SMILES string of the molecule is CC[C@H](C)c1ccccc1NC(=O)C[NH+]1CCN(c2ccc(C(C)=O)cc2)CC1. The lowest BCUT2D eigenvalue weighted by Crippen LogP contribution is -3.15. The summed E-state index contributed by atoms with van der Waals surface area (Å²) in [6, 6.07) is 15.9. The highest BCUT2D eigenvalue weighted by Gasteiger charge is 2.23. The summed E-state index contributed by atoms with van der Waals surface area (Å²) in [5, 5.41) is 3.13. The van der Waals surface area contributed by atoms with Gasteiger partial charge in [-0.25, -0.2) is 0 Å². The Labute approximate surface area is 173 Å². The summed E-state index contributed by atoms with van der Waals surface area (Å²) in [6.07, 6.45) is 1.05. The highest BCUT2D eigenvalue weighted by molar-refractivity contribution is 5.94. The van der Waals surface area contributed by atoms with Crippen LogP contribution >= 0.6 is 0 Å². The van der Waals surface area contributed by atoms with Crippen molar-refractivity contribution in [2.75, 3.05) is 42.9 Å². The van der Waals surface area contributed by atoms with Crippen molar-refractivity contribution >= 4 is 23.1 Å². The molecule has 1 atom stereocenters. The van der Waals surface area contributed by atoms with E-state index in [1.807, 2.05) is 42.5 Å². The first-order valence-corrected chi connectivity index (χ1v) is 10.6. The topological polar surface area (TPSA) is 53.9 Å². The van der Waals surface area contributed by atoms with Crippen LogP contribution in [0, 0.1) is 0 Å². The molecule has 0 aliphatic carbocycles. The van der Waals surface area contributed by atoms with Gasteiger partial charge in [-0.05, 0) is 55.2 Å². The molecule has 1 fully saturated rings. The second-order valence-electron chi connectivity index (χ2n) is 7.96. The van der Waals surface area contributed by atoms with E-state index in [9.17, 15) is 9.59 Å². The van der Waals surface area contributed by atoms with Crippen molar-refractivity contribution in [1.29, 1.82) is 0 Å². The van der Waals surface area contributed by atoms with Crippen molar-refractivity contribution in [2.24, 2.45) is 0 Å². The number of carbonyl (C=O) groups excluding carboxylic acids is 2. The maximum absolute atomic E-state index is 12.6. The number of hydrogen-bond acceptors (Lipinski definition) is 3. The van der Waals surface area contributed by atoms with E-state index in [1.165, 1.54) is 10.5 Å². The Balaban J connectivity index is 1.52. The van der Waals surface area contributed by atoms with Gasteiger partial charge in [0.15, 0.2) is 12.3 Å². The number of amides is 1. The third-order valence-corrected chi connectivity index (χ3v) is 5.90. The number of quaternary nitrogens is 1. The molecule has 0 bridgehead atoms. The van der Waals surface area contributed by atoms with Crippen LogP contribution in [-0.2, 0) is 4.79 Å². The largest absolute Gasteiger partial charge is 0.360 e. The summed E-state index contributed by atoms with van der Waals surface area (Å²) >= 11 is 0. The van der Waals surface area contributed by atoms with Crippen LogP contribution in [0.4, 0.5) is 11.4 Å². The van der Waals surface area contributed by atoms with E-state index in [4.69, 9.17) is 0 Å². The molecular weight excluding hydrogens is 362 g/mol. The van der Waals surface area contributed by atoms with Crippen LogP contribution in [0.2, 0.25) is 0 Å². The minimum Gasteiger partial charge on any atom is -0.360 e. The molecule has 1 amide bonds.